The van der Waals surface area contributed by atoms with Gasteiger partial charge in [0.05, 0.1) is 24.3 Å². The average Bonchev–Trinajstić information content (AvgIpc) is 2.72. The summed E-state index contributed by atoms with van der Waals surface area (Å²) in [6, 6.07) is 2.43. The van der Waals surface area contributed by atoms with Crippen molar-refractivity contribution in [3.05, 3.63) is 34.4 Å². The van der Waals surface area contributed by atoms with E-state index in [1.165, 1.54) is 6.07 Å². The number of hydrogen-bond acceptors (Lipinski definition) is 8. The van der Waals surface area contributed by atoms with Gasteiger partial charge in [0.25, 0.3) is 0 Å². The summed E-state index contributed by atoms with van der Waals surface area (Å²) in [5.41, 5.74) is 0.315. The fraction of sp³-hybridized carbons (Fsp3) is 0.600. The molecule has 0 radical (unpaired) electrons. The van der Waals surface area contributed by atoms with E-state index in [4.69, 9.17) is 29.2 Å². The summed E-state index contributed by atoms with van der Waals surface area (Å²) < 4.78 is 21.3. The van der Waals surface area contributed by atoms with E-state index in [-0.39, 0.29) is 51.1 Å². The molecule has 0 aliphatic rings. The maximum Gasteiger partial charge on any atom is 0.336 e. The highest BCUT2D eigenvalue weighted by atomic mass is 16.7. The number of aliphatic hydroxyl groups excluding tert-OH is 2. The SMILES string of the molecule is O=C(O)c1cc(COCOCCCCO)c(COCOCCCCO)c(C(=O)O)c1. The summed E-state index contributed by atoms with van der Waals surface area (Å²) >= 11 is 0. The molecule has 1 aromatic rings. The number of carbonyl (C=O) groups is 2. The number of benzene rings is 1. The van der Waals surface area contributed by atoms with Gasteiger partial charge >= 0.3 is 11.9 Å². The first-order valence-electron chi connectivity index (χ1n) is 9.66. The van der Waals surface area contributed by atoms with Crippen molar-refractivity contribution >= 4 is 11.9 Å². The van der Waals surface area contributed by atoms with Crippen LogP contribution in [0.1, 0.15) is 57.5 Å². The molecule has 0 heterocycles. The molecule has 0 aliphatic carbocycles. The van der Waals surface area contributed by atoms with Gasteiger partial charge in [0.2, 0.25) is 0 Å². The normalized spacial score (nSPS) is 11.0. The lowest BCUT2D eigenvalue weighted by Crippen LogP contribution is -2.13. The number of unbranched alkanes of at least 4 members (excludes halogenated alkanes) is 2. The van der Waals surface area contributed by atoms with Gasteiger partial charge in [-0.2, -0.15) is 0 Å². The fourth-order valence-electron chi connectivity index (χ4n) is 2.51. The third kappa shape index (κ3) is 10.1. The highest BCUT2D eigenvalue weighted by Gasteiger charge is 2.19. The molecule has 30 heavy (non-hydrogen) atoms. The minimum absolute atomic E-state index is 0.0562. The van der Waals surface area contributed by atoms with Crippen molar-refractivity contribution in [1.82, 2.24) is 0 Å². The fourth-order valence-corrected chi connectivity index (χ4v) is 2.51. The van der Waals surface area contributed by atoms with E-state index in [9.17, 15) is 19.8 Å². The van der Waals surface area contributed by atoms with Gasteiger partial charge in [0.1, 0.15) is 13.6 Å². The van der Waals surface area contributed by atoms with Crippen LogP contribution in [0, 0.1) is 0 Å². The molecule has 0 fully saturated rings. The zero-order chi connectivity index (χ0) is 22.2. The van der Waals surface area contributed by atoms with Gasteiger partial charge in [-0.25, -0.2) is 9.59 Å². The Morgan fingerprint density at radius 3 is 1.80 bits per heavy atom. The van der Waals surface area contributed by atoms with Crippen molar-refractivity contribution in [1.29, 1.82) is 0 Å². The Kier molecular flexibility index (Phi) is 13.6. The van der Waals surface area contributed by atoms with E-state index < -0.39 is 11.9 Å². The lowest BCUT2D eigenvalue weighted by molar-refractivity contribution is -0.0684. The van der Waals surface area contributed by atoms with Crippen LogP contribution in [-0.4, -0.2) is 72.4 Å². The molecule has 0 unspecified atom stereocenters. The van der Waals surface area contributed by atoms with Crippen LogP contribution in [0.2, 0.25) is 0 Å². The molecular weight excluding hydrogens is 400 g/mol. The second kappa shape index (κ2) is 15.7. The molecule has 1 rings (SSSR count). The average molecular weight is 430 g/mol. The van der Waals surface area contributed by atoms with Crippen LogP contribution >= 0.6 is 0 Å². The first-order valence-corrected chi connectivity index (χ1v) is 9.66. The van der Waals surface area contributed by atoms with E-state index in [0.717, 1.165) is 6.07 Å². The molecule has 0 bridgehead atoms. The van der Waals surface area contributed by atoms with Crippen molar-refractivity contribution in [2.45, 2.75) is 38.9 Å². The number of aromatic carboxylic acids is 2. The molecule has 0 amide bonds. The van der Waals surface area contributed by atoms with E-state index in [2.05, 4.69) is 0 Å². The van der Waals surface area contributed by atoms with Crippen molar-refractivity contribution < 1.29 is 49.0 Å². The number of ether oxygens (including phenoxy) is 4. The van der Waals surface area contributed by atoms with Crippen LogP contribution in [0.25, 0.3) is 0 Å². The lowest BCUT2D eigenvalue weighted by atomic mass is 9.98. The molecule has 0 atom stereocenters. The molecule has 10 heteroatoms. The molecule has 0 saturated heterocycles. The highest BCUT2D eigenvalue weighted by Crippen LogP contribution is 2.21. The monoisotopic (exact) mass is 430 g/mol. The minimum atomic E-state index is -1.28. The van der Waals surface area contributed by atoms with Gasteiger partial charge in [-0.15, -0.1) is 0 Å². The van der Waals surface area contributed by atoms with Crippen LogP contribution < -0.4 is 0 Å². The zero-order valence-electron chi connectivity index (χ0n) is 16.9. The number of aliphatic hydroxyl groups is 2. The van der Waals surface area contributed by atoms with Gasteiger partial charge in [-0.3, -0.25) is 0 Å². The third-order valence-electron chi connectivity index (χ3n) is 4.05. The second-order valence-corrected chi connectivity index (χ2v) is 6.38. The number of hydrogen-bond donors (Lipinski definition) is 4. The summed E-state index contributed by atoms with van der Waals surface area (Å²) in [6.07, 6.45) is 2.58. The van der Waals surface area contributed by atoms with Gasteiger partial charge in [0, 0.05) is 26.4 Å². The van der Waals surface area contributed by atoms with Crippen LogP contribution in [0.15, 0.2) is 12.1 Å². The van der Waals surface area contributed by atoms with E-state index in [1.54, 1.807) is 0 Å². The Bertz CT molecular complexity index is 647. The van der Waals surface area contributed by atoms with Crippen LogP contribution in [-0.2, 0) is 32.2 Å². The maximum absolute atomic E-state index is 11.6. The smallest absolute Gasteiger partial charge is 0.336 e. The molecule has 0 saturated carbocycles. The first-order chi connectivity index (χ1) is 14.5. The van der Waals surface area contributed by atoms with Crippen molar-refractivity contribution in [3.8, 4) is 0 Å². The highest BCUT2D eigenvalue weighted by molar-refractivity contribution is 5.95. The first kappa shape index (κ1) is 26.0. The largest absolute Gasteiger partial charge is 0.478 e. The van der Waals surface area contributed by atoms with Crippen molar-refractivity contribution in [3.63, 3.8) is 0 Å². The van der Waals surface area contributed by atoms with E-state index in [0.29, 0.717) is 50.0 Å². The molecule has 1 aromatic carbocycles. The molecule has 4 N–H and O–H groups in total. The van der Waals surface area contributed by atoms with Gasteiger partial charge in [-0.05, 0) is 48.9 Å². The van der Waals surface area contributed by atoms with Crippen LogP contribution in [0.5, 0.6) is 0 Å². The summed E-state index contributed by atoms with van der Waals surface area (Å²) in [5, 5.41) is 36.2. The third-order valence-corrected chi connectivity index (χ3v) is 4.05. The van der Waals surface area contributed by atoms with E-state index >= 15 is 0 Å². The number of carboxylic acids is 2. The Morgan fingerprint density at radius 1 is 0.733 bits per heavy atom. The molecular formula is C20H30O10. The Morgan fingerprint density at radius 2 is 1.30 bits per heavy atom. The maximum atomic E-state index is 11.6. The predicted molar refractivity (Wildman–Crippen MR) is 104 cm³/mol. The minimum Gasteiger partial charge on any atom is -0.478 e. The quantitative estimate of drug-likeness (QED) is 0.200. The van der Waals surface area contributed by atoms with E-state index in [1.807, 2.05) is 0 Å². The Hall–Kier alpha value is -2.08. The summed E-state index contributed by atoms with van der Waals surface area (Å²) in [6.45, 7) is 0.677. The van der Waals surface area contributed by atoms with Crippen molar-refractivity contribution in [2.75, 3.05) is 40.0 Å². The second-order valence-electron chi connectivity index (χ2n) is 6.38. The summed E-state index contributed by atoms with van der Waals surface area (Å²) in [5.74, 6) is -2.53. The van der Waals surface area contributed by atoms with Gasteiger partial charge in [0.15, 0.2) is 0 Å². The molecule has 0 aliphatic heterocycles. The predicted octanol–water partition coefficient (Wildman–Crippen LogP) is 1.61. The van der Waals surface area contributed by atoms with Gasteiger partial charge in [-0.1, -0.05) is 0 Å². The number of rotatable bonds is 18. The molecule has 0 spiro atoms. The molecule has 0 aromatic heterocycles. The van der Waals surface area contributed by atoms with Crippen LogP contribution in [0.4, 0.5) is 0 Å². The standard InChI is InChI=1S/C20H30O10/c21-5-1-3-7-27-13-29-11-16-9-15(19(23)24)10-17(20(25)26)18(16)12-30-14-28-8-4-2-6-22/h9-10,21-22H,1-8,11-14H2,(H,23,24)(H,25,26). The van der Waals surface area contributed by atoms with Crippen molar-refractivity contribution in [2.24, 2.45) is 0 Å². The molecule has 10 nitrogen and oxygen atoms in total. The topological polar surface area (TPSA) is 152 Å². The Balaban J connectivity index is 2.75. The summed E-state index contributed by atoms with van der Waals surface area (Å²) in [7, 11) is 0. The molecule has 170 valence electrons. The number of carboxylic acid groups (broad SMARTS) is 2. The lowest BCUT2D eigenvalue weighted by Gasteiger charge is -2.15. The van der Waals surface area contributed by atoms with Gasteiger partial charge < -0.3 is 39.4 Å². The summed E-state index contributed by atoms with van der Waals surface area (Å²) in [4.78, 5) is 23.0. The van der Waals surface area contributed by atoms with Crippen LogP contribution in [0.3, 0.4) is 0 Å². The zero-order valence-corrected chi connectivity index (χ0v) is 16.9. The Labute approximate surface area is 174 Å².